The van der Waals surface area contributed by atoms with E-state index in [9.17, 15) is 0 Å². The van der Waals surface area contributed by atoms with E-state index in [1.54, 1.807) is 0 Å². The number of aliphatic imine (C=N–C) groups is 1. The Hall–Kier alpha value is -6.05. The van der Waals surface area contributed by atoms with Gasteiger partial charge in [-0.3, -0.25) is 4.99 Å². The first-order valence-electron chi connectivity index (χ1n) is 16.1. The van der Waals surface area contributed by atoms with Crippen LogP contribution in [-0.4, -0.2) is 6.72 Å². The number of allylic oxidation sites excluding steroid dienone is 1. The van der Waals surface area contributed by atoms with E-state index < -0.39 is 0 Å². The lowest BCUT2D eigenvalue weighted by atomic mass is 9.86. The molecule has 0 aliphatic heterocycles. The minimum absolute atomic E-state index is 0.817. The molecule has 0 aromatic heterocycles. The molecule has 0 aliphatic carbocycles. The molecule has 0 N–H and O–H groups in total. The van der Waals surface area contributed by atoms with Gasteiger partial charge < -0.3 is 0 Å². The molecule has 0 atom stereocenters. The number of hydrogen-bond donors (Lipinski definition) is 0. The van der Waals surface area contributed by atoms with Crippen molar-refractivity contribution < 1.29 is 0 Å². The Kier molecular flexibility index (Phi) is 7.49. The third-order valence-corrected chi connectivity index (χ3v) is 9.22. The van der Waals surface area contributed by atoms with E-state index in [4.69, 9.17) is 0 Å². The summed E-state index contributed by atoms with van der Waals surface area (Å²) in [7, 11) is 0. The zero-order valence-electron chi connectivity index (χ0n) is 26.1. The van der Waals surface area contributed by atoms with E-state index in [0.29, 0.717) is 0 Å². The Bertz CT molecular complexity index is 2420. The first-order chi connectivity index (χ1) is 23.3. The number of rotatable bonds is 7. The molecule has 0 fully saturated rings. The number of fused-ring (bicyclic) bond motifs is 5. The van der Waals surface area contributed by atoms with Gasteiger partial charge in [0.05, 0.1) is 5.70 Å². The Labute approximate surface area is 275 Å². The Balaban J connectivity index is 1.29. The third kappa shape index (κ3) is 5.32. The molecule has 1 heteroatoms. The maximum absolute atomic E-state index is 4.37. The van der Waals surface area contributed by atoms with Crippen LogP contribution in [0.2, 0.25) is 0 Å². The van der Waals surface area contributed by atoms with Crippen LogP contribution in [0.4, 0.5) is 0 Å². The van der Waals surface area contributed by atoms with E-state index in [2.05, 4.69) is 182 Å². The van der Waals surface area contributed by atoms with Gasteiger partial charge in [-0.25, -0.2) is 0 Å². The minimum atomic E-state index is 0.817. The fourth-order valence-electron chi connectivity index (χ4n) is 6.92. The molecule has 8 aromatic rings. The van der Waals surface area contributed by atoms with Crippen molar-refractivity contribution in [1.29, 1.82) is 0 Å². The van der Waals surface area contributed by atoms with E-state index in [0.717, 1.165) is 17.7 Å². The van der Waals surface area contributed by atoms with Gasteiger partial charge in [0, 0.05) is 0 Å². The molecule has 0 saturated carbocycles. The quantitative estimate of drug-likeness (QED) is 0.128. The van der Waals surface area contributed by atoms with Crippen LogP contribution in [0.25, 0.3) is 71.4 Å². The molecule has 47 heavy (non-hydrogen) atoms. The highest BCUT2D eigenvalue weighted by atomic mass is 14.7. The summed E-state index contributed by atoms with van der Waals surface area (Å²) >= 11 is 0. The molecule has 0 radical (unpaired) electrons. The topological polar surface area (TPSA) is 12.4 Å². The van der Waals surface area contributed by atoms with Gasteiger partial charge in [-0.15, -0.1) is 0 Å². The van der Waals surface area contributed by atoms with Gasteiger partial charge in [0.1, 0.15) is 0 Å². The van der Waals surface area contributed by atoms with Crippen LogP contribution in [-0.2, 0) is 6.42 Å². The monoisotopic (exact) mass is 599 g/mol. The Morgan fingerprint density at radius 2 is 0.915 bits per heavy atom. The lowest BCUT2D eigenvalue weighted by Crippen LogP contribution is -1.91. The van der Waals surface area contributed by atoms with Crippen molar-refractivity contribution in [3.05, 3.63) is 187 Å². The molecular weight excluding hydrogens is 567 g/mol. The average Bonchev–Trinajstić information content (AvgIpc) is 3.15. The highest BCUT2D eigenvalue weighted by molar-refractivity contribution is 6.24. The Morgan fingerprint density at radius 1 is 0.426 bits per heavy atom. The first kappa shape index (κ1) is 28.4. The summed E-state index contributed by atoms with van der Waals surface area (Å²) in [5, 5.41) is 7.53. The van der Waals surface area contributed by atoms with Crippen molar-refractivity contribution in [1.82, 2.24) is 0 Å². The molecule has 222 valence electrons. The third-order valence-electron chi connectivity index (χ3n) is 9.22. The summed E-state index contributed by atoms with van der Waals surface area (Å²) in [6.45, 7) is 3.87. The second-order valence-corrected chi connectivity index (χ2v) is 12.0. The van der Waals surface area contributed by atoms with Gasteiger partial charge in [0.2, 0.25) is 0 Å². The standard InChI is InChI=1S/C46H33N/c1-47-46(29-24-32-14-4-2-5-15-32)35-27-25-34(26-28-35)42-30-44-41-23-13-12-22-40(41)43(31-45(44)39-21-11-10-20-38(39)42)37-19-9-8-18-36(37)33-16-6-3-7-17-33/h2-23,25-31H,1,24H2/b46-29-. The molecule has 0 heterocycles. The van der Waals surface area contributed by atoms with E-state index in [1.807, 2.05) is 6.07 Å². The lowest BCUT2D eigenvalue weighted by molar-refractivity contribution is 1.26. The van der Waals surface area contributed by atoms with Crippen molar-refractivity contribution in [3.63, 3.8) is 0 Å². The van der Waals surface area contributed by atoms with Crippen LogP contribution in [0.3, 0.4) is 0 Å². The van der Waals surface area contributed by atoms with Gasteiger partial charge >= 0.3 is 0 Å². The highest BCUT2D eigenvalue weighted by Gasteiger charge is 2.16. The van der Waals surface area contributed by atoms with Gasteiger partial charge in [-0.05, 0) is 102 Å². The SMILES string of the molecule is C=N/C(=C\Cc1ccccc1)c1ccc(-c2cc3c4ccccc4c(-c4ccccc4-c4ccccc4)cc3c3ccccc23)cc1. The second-order valence-electron chi connectivity index (χ2n) is 12.0. The maximum atomic E-state index is 4.37. The number of benzene rings is 8. The molecule has 0 unspecified atom stereocenters. The van der Waals surface area contributed by atoms with Gasteiger partial charge in [-0.1, -0.05) is 164 Å². The van der Waals surface area contributed by atoms with Crippen molar-refractivity contribution in [3.8, 4) is 33.4 Å². The molecule has 0 aliphatic rings. The average molecular weight is 600 g/mol. The van der Waals surface area contributed by atoms with Gasteiger partial charge in [0.25, 0.3) is 0 Å². The molecule has 0 amide bonds. The lowest BCUT2D eigenvalue weighted by Gasteiger charge is -2.18. The highest BCUT2D eigenvalue weighted by Crippen LogP contribution is 2.43. The molecule has 0 spiro atoms. The molecule has 0 saturated heterocycles. The zero-order chi connectivity index (χ0) is 31.6. The van der Waals surface area contributed by atoms with Crippen LogP contribution < -0.4 is 0 Å². The summed E-state index contributed by atoms with van der Waals surface area (Å²) in [6, 6.07) is 61.2. The van der Waals surface area contributed by atoms with Crippen LogP contribution >= 0.6 is 0 Å². The summed E-state index contributed by atoms with van der Waals surface area (Å²) < 4.78 is 0. The fraction of sp³-hybridized carbons (Fsp3) is 0.0217. The predicted octanol–water partition coefficient (Wildman–Crippen LogP) is 12.4. The molecule has 8 aromatic carbocycles. The summed E-state index contributed by atoms with van der Waals surface area (Å²) in [4.78, 5) is 4.37. The van der Waals surface area contributed by atoms with Crippen molar-refractivity contribution in [2.75, 3.05) is 0 Å². The van der Waals surface area contributed by atoms with E-state index in [-0.39, 0.29) is 0 Å². The van der Waals surface area contributed by atoms with E-state index in [1.165, 1.54) is 71.3 Å². The van der Waals surface area contributed by atoms with Gasteiger partial charge in [-0.2, -0.15) is 0 Å². The smallest absolute Gasteiger partial charge is 0.0658 e. The van der Waals surface area contributed by atoms with Gasteiger partial charge in [0.15, 0.2) is 0 Å². The number of hydrogen-bond acceptors (Lipinski definition) is 1. The van der Waals surface area contributed by atoms with Crippen LogP contribution in [0, 0.1) is 0 Å². The minimum Gasteiger partial charge on any atom is -0.264 e. The first-order valence-corrected chi connectivity index (χ1v) is 16.1. The molecule has 1 nitrogen and oxygen atoms in total. The summed E-state index contributed by atoms with van der Waals surface area (Å²) in [5.74, 6) is 0. The van der Waals surface area contributed by atoms with Crippen molar-refractivity contribution in [2.24, 2.45) is 4.99 Å². The second kappa shape index (κ2) is 12.4. The Morgan fingerprint density at radius 3 is 1.55 bits per heavy atom. The maximum Gasteiger partial charge on any atom is 0.0658 e. The van der Waals surface area contributed by atoms with Crippen molar-refractivity contribution in [2.45, 2.75) is 6.42 Å². The summed E-state index contributed by atoms with van der Waals surface area (Å²) in [6.07, 6.45) is 2.97. The largest absolute Gasteiger partial charge is 0.264 e. The van der Waals surface area contributed by atoms with Crippen molar-refractivity contribution >= 4 is 44.7 Å². The van der Waals surface area contributed by atoms with Crippen LogP contribution in [0.5, 0.6) is 0 Å². The molecular formula is C46H33N. The van der Waals surface area contributed by atoms with Crippen LogP contribution in [0.1, 0.15) is 11.1 Å². The fourth-order valence-corrected chi connectivity index (χ4v) is 6.92. The molecule has 8 rings (SSSR count). The number of nitrogens with zero attached hydrogens (tertiary/aromatic N) is 1. The summed E-state index contributed by atoms with van der Waals surface area (Å²) in [5.41, 5.74) is 10.6. The normalized spacial score (nSPS) is 11.7. The predicted molar refractivity (Wildman–Crippen MR) is 203 cm³/mol. The zero-order valence-corrected chi connectivity index (χ0v) is 26.1. The molecule has 0 bridgehead atoms. The van der Waals surface area contributed by atoms with E-state index >= 15 is 0 Å². The van der Waals surface area contributed by atoms with Crippen LogP contribution in [0.15, 0.2) is 181 Å².